The predicted octanol–water partition coefficient (Wildman–Crippen LogP) is 4.05. The van der Waals surface area contributed by atoms with Gasteiger partial charge in [-0.2, -0.15) is 0 Å². The maximum atomic E-state index is 13.1. The van der Waals surface area contributed by atoms with Gasteiger partial charge in [0.1, 0.15) is 0 Å². The monoisotopic (exact) mass is 412 g/mol. The fourth-order valence-electron chi connectivity index (χ4n) is 4.76. The highest BCUT2D eigenvalue weighted by Gasteiger charge is 2.40. The van der Waals surface area contributed by atoms with Gasteiger partial charge in [-0.25, -0.2) is 8.42 Å². The molecule has 4 rings (SSSR count). The molecule has 0 aromatic heterocycles. The maximum absolute atomic E-state index is 13.1. The summed E-state index contributed by atoms with van der Waals surface area (Å²) in [5.74, 6) is 1.23. The Morgan fingerprint density at radius 1 is 1.03 bits per heavy atom. The Balaban J connectivity index is 1.57. The van der Waals surface area contributed by atoms with E-state index in [4.69, 9.17) is 0 Å². The molecule has 2 fully saturated rings. The summed E-state index contributed by atoms with van der Waals surface area (Å²) in [4.78, 5) is 13.1. The van der Waals surface area contributed by atoms with E-state index in [9.17, 15) is 13.2 Å². The van der Waals surface area contributed by atoms with Gasteiger partial charge >= 0.3 is 0 Å². The lowest BCUT2D eigenvalue weighted by atomic mass is 9.95. The van der Waals surface area contributed by atoms with E-state index in [2.05, 4.69) is 5.32 Å². The maximum Gasteiger partial charge on any atom is 0.264 e. The van der Waals surface area contributed by atoms with Crippen molar-refractivity contribution in [2.45, 2.75) is 50.5 Å². The van der Waals surface area contributed by atoms with Crippen LogP contribution in [-0.2, 0) is 10.0 Å². The second kappa shape index (κ2) is 7.48. The van der Waals surface area contributed by atoms with E-state index in [0.29, 0.717) is 17.2 Å². The minimum Gasteiger partial charge on any atom is -0.349 e. The molecule has 154 valence electrons. The van der Waals surface area contributed by atoms with Crippen molar-refractivity contribution in [2.24, 2.45) is 11.8 Å². The molecule has 2 aliphatic rings. The van der Waals surface area contributed by atoms with Crippen molar-refractivity contribution in [2.75, 3.05) is 11.4 Å². The number of nitrogens with one attached hydrogen (secondary N) is 1. The lowest BCUT2D eigenvalue weighted by Gasteiger charge is -2.24. The van der Waals surface area contributed by atoms with Crippen LogP contribution in [0.1, 0.15) is 47.2 Å². The molecule has 3 atom stereocenters. The van der Waals surface area contributed by atoms with E-state index in [1.807, 2.05) is 19.9 Å². The van der Waals surface area contributed by atoms with Gasteiger partial charge in [0, 0.05) is 18.7 Å². The Labute approximate surface area is 173 Å². The highest BCUT2D eigenvalue weighted by Crippen LogP contribution is 2.44. The van der Waals surface area contributed by atoms with E-state index in [0.717, 1.165) is 23.5 Å². The topological polar surface area (TPSA) is 66.5 Å². The van der Waals surface area contributed by atoms with Crippen molar-refractivity contribution < 1.29 is 13.2 Å². The molecule has 0 saturated heterocycles. The molecule has 2 aliphatic carbocycles. The largest absolute Gasteiger partial charge is 0.349 e. The molecule has 6 heteroatoms. The number of rotatable bonds is 5. The number of sulfonamides is 1. The van der Waals surface area contributed by atoms with Crippen LogP contribution in [0.15, 0.2) is 47.4 Å². The minimum atomic E-state index is -3.70. The molecule has 1 N–H and O–H groups in total. The van der Waals surface area contributed by atoms with Gasteiger partial charge in [-0.1, -0.05) is 30.2 Å². The quantitative estimate of drug-likeness (QED) is 0.806. The number of hydrogen-bond donors (Lipinski definition) is 1. The molecule has 2 aromatic rings. The number of hydrogen-bond acceptors (Lipinski definition) is 3. The fourth-order valence-corrected chi connectivity index (χ4v) is 6.01. The number of nitrogens with zero attached hydrogens (tertiary/aromatic N) is 1. The third kappa shape index (κ3) is 3.78. The average molecular weight is 413 g/mol. The van der Waals surface area contributed by atoms with Crippen molar-refractivity contribution in [1.29, 1.82) is 0 Å². The summed E-state index contributed by atoms with van der Waals surface area (Å²) < 4.78 is 27.4. The number of fused-ring (bicyclic) bond motifs is 2. The van der Waals surface area contributed by atoms with Crippen LogP contribution in [0.2, 0.25) is 0 Å². The van der Waals surface area contributed by atoms with Gasteiger partial charge in [0.25, 0.3) is 15.9 Å². The third-order valence-corrected chi connectivity index (χ3v) is 8.33. The lowest BCUT2D eigenvalue weighted by molar-refractivity contribution is 0.0923. The third-order valence-electron chi connectivity index (χ3n) is 6.54. The Bertz CT molecular complexity index is 1030. The van der Waals surface area contributed by atoms with Crippen LogP contribution in [0, 0.1) is 25.7 Å². The number of benzene rings is 2. The van der Waals surface area contributed by atoms with Crippen molar-refractivity contribution in [3.05, 3.63) is 59.2 Å². The van der Waals surface area contributed by atoms with Crippen molar-refractivity contribution in [3.63, 3.8) is 0 Å². The van der Waals surface area contributed by atoms with Gasteiger partial charge in [0.2, 0.25) is 0 Å². The lowest BCUT2D eigenvalue weighted by Crippen LogP contribution is -2.38. The summed E-state index contributed by atoms with van der Waals surface area (Å²) in [6.07, 6.45) is 4.78. The first-order chi connectivity index (χ1) is 13.8. The number of carbonyl (C=O) groups excluding carboxylic acids is 1. The second-order valence-corrected chi connectivity index (χ2v) is 10.5. The highest BCUT2D eigenvalue weighted by molar-refractivity contribution is 7.92. The Morgan fingerprint density at radius 3 is 2.38 bits per heavy atom. The van der Waals surface area contributed by atoms with E-state index >= 15 is 0 Å². The summed E-state index contributed by atoms with van der Waals surface area (Å²) >= 11 is 0. The second-order valence-electron chi connectivity index (χ2n) is 8.54. The predicted molar refractivity (Wildman–Crippen MR) is 115 cm³/mol. The average Bonchev–Trinajstić information content (AvgIpc) is 3.31. The van der Waals surface area contributed by atoms with Crippen molar-refractivity contribution >= 4 is 21.6 Å². The summed E-state index contributed by atoms with van der Waals surface area (Å²) in [7, 11) is -2.16. The summed E-state index contributed by atoms with van der Waals surface area (Å²) in [6, 6.07) is 12.3. The molecule has 0 heterocycles. The Morgan fingerprint density at radius 2 is 1.76 bits per heavy atom. The smallest absolute Gasteiger partial charge is 0.264 e. The molecule has 2 unspecified atom stereocenters. The molecule has 2 aromatic carbocycles. The van der Waals surface area contributed by atoms with E-state index in [1.165, 1.54) is 30.6 Å². The van der Waals surface area contributed by atoms with Crippen LogP contribution in [0.25, 0.3) is 0 Å². The van der Waals surface area contributed by atoms with Gasteiger partial charge in [0.05, 0.1) is 10.6 Å². The van der Waals surface area contributed by atoms with E-state index < -0.39 is 10.0 Å². The first-order valence-electron chi connectivity index (χ1n) is 10.2. The van der Waals surface area contributed by atoms with Crippen molar-refractivity contribution in [3.8, 4) is 0 Å². The molecule has 5 nitrogen and oxygen atoms in total. The first kappa shape index (κ1) is 20.0. The van der Waals surface area contributed by atoms with Crippen LogP contribution < -0.4 is 9.62 Å². The van der Waals surface area contributed by atoms with Gasteiger partial charge in [0.15, 0.2) is 0 Å². The van der Waals surface area contributed by atoms with Crippen LogP contribution in [-0.4, -0.2) is 27.4 Å². The van der Waals surface area contributed by atoms with E-state index in [-0.39, 0.29) is 16.8 Å². The molecule has 2 saturated carbocycles. The normalized spacial score (nSPS) is 23.2. The number of carbonyl (C=O) groups is 1. The van der Waals surface area contributed by atoms with Crippen molar-refractivity contribution in [1.82, 2.24) is 5.32 Å². The Hall–Kier alpha value is -2.34. The zero-order valence-electron chi connectivity index (χ0n) is 17.2. The van der Waals surface area contributed by atoms with Gasteiger partial charge in [-0.05, 0) is 74.8 Å². The number of anilines is 1. The zero-order chi connectivity index (χ0) is 20.8. The molecule has 0 radical (unpaired) electrons. The van der Waals surface area contributed by atoms with E-state index in [1.54, 1.807) is 36.4 Å². The molecule has 0 spiro atoms. The minimum absolute atomic E-state index is 0.120. The molecule has 1 amide bonds. The zero-order valence-corrected chi connectivity index (χ0v) is 18.0. The summed E-state index contributed by atoms with van der Waals surface area (Å²) in [6.45, 7) is 3.77. The van der Waals surface area contributed by atoms with Gasteiger partial charge in [-0.3, -0.25) is 9.10 Å². The van der Waals surface area contributed by atoms with Crippen LogP contribution >= 0.6 is 0 Å². The Kier molecular flexibility index (Phi) is 5.15. The number of aryl methyl sites for hydroxylation is 2. The summed E-state index contributed by atoms with van der Waals surface area (Å²) in [5.41, 5.74) is 2.83. The first-order valence-corrected chi connectivity index (χ1v) is 11.7. The molecular weight excluding hydrogens is 384 g/mol. The standard InChI is InChI=1S/C23H28N2O3S/c1-15-4-10-20(11-5-15)29(27,28)25(3)22-14-19(8-6-16(22)2)23(26)24-21-13-17-7-9-18(21)12-17/h4-6,8,10-11,14,17-18,21H,7,9,12-13H2,1-3H3,(H,24,26)/t17?,18?,21-/m1/s1. The molecular formula is C23H28N2O3S. The number of amides is 1. The van der Waals surface area contributed by atoms with Gasteiger partial charge < -0.3 is 5.32 Å². The van der Waals surface area contributed by atoms with Crippen LogP contribution in [0.3, 0.4) is 0 Å². The van der Waals surface area contributed by atoms with Gasteiger partial charge in [-0.15, -0.1) is 0 Å². The van der Waals surface area contributed by atoms with Crippen LogP contribution in [0.5, 0.6) is 0 Å². The molecule has 2 bridgehead atoms. The fraction of sp³-hybridized carbons (Fsp3) is 0.435. The highest BCUT2D eigenvalue weighted by atomic mass is 32.2. The summed E-state index contributed by atoms with van der Waals surface area (Å²) in [5, 5.41) is 3.18. The van der Waals surface area contributed by atoms with Crippen LogP contribution in [0.4, 0.5) is 5.69 Å². The SMILES string of the molecule is Cc1ccc(S(=O)(=O)N(C)c2cc(C(=O)N[C@@H]3CC4CCC3C4)ccc2C)cc1. The molecule has 0 aliphatic heterocycles. The molecule has 29 heavy (non-hydrogen) atoms.